The Morgan fingerprint density at radius 3 is 2.16 bits per heavy atom. The largest absolute Gasteiger partial charge is 0.295 e. The van der Waals surface area contributed by atoms with Gasteiger partial charge in [-0.3, -0.25) is 30.0 Å². The van der Waals surface area contributed by atoms with Gasteiger partial charge in [-0.15, -0.1) is 0 Å². The second-order valence-electron chi connectivity index (χ2n) is 16.1. The van der Waals surface area contributed by atoms with E-state index < -0.39 is 5.41 Å². The number of carbonyl (C=O) groups is 4. The summed E-state index contributed by atoms with van der Waals surface area (Å²) in [7, 11) is 0. The Bertz CT molecular complexity index is 1220. The third kappa shape index (κ3) is 8.49. The minimum absolute atomic E-state index is 0.0199. The Morgan fingerprint density at radius 2 is 1.61 bits per heavy atom. The van der Waals surface area contributed by atoms with Crippen molar-refractivity contribution in [2.75, 3.05) is 0 Å². The minimum atomic E-state index is -0.566. The fourth-order valence-electron chi connectivity index (χ4n) is 8.08. The fraction of sp³-hybridized carbons (Fsp3) is 0.757. The number of nitriles is 1. The second kappa shape index (κ2) is 14.1. The molecule has 7 nitrogen and oxygen atoms in total. The molecule has 246 valence electrons. The van der Waals surface area contributed by atoms with Crippen LogP contribution in [0.5, 0.6) is 0 Å². The van der Waals surface area contributed by atoms with Crippen LogP contribution in [0.4, 0.5) is 0 Å². The Balaban J connectivity index is 2.45. The molecule has 0 saturated heterocycles. The SMILES string of the molecule is CCCC(C)(C)CC[C@](C)(CCC(=O)NNC(C)=O)CCC(C)(C)[C@]1(C)CC[C@H]2[C@H](C)C(=O)C(C#N)=C[C@]2(C)/C1=C/C(C)=O. The van der Waals surface area contributed by atoms with Crippen molar-refractivity contribution in [1.29, 1.82) is 5.26 Å². The lowest BCUT2D eigenvalue weighted by molar-refractivity contribution is -0.128. The summed E-state index contributed by atoms with van der Waals surface area (Å²) in [4.78, 5) is 49.6. The van der Waals surface area contributed by atoms with Gasteiger partial charge in [0.2, 0.25) is 11.8 Å². The van der Waals surface area contributed by atoms with Crippen molar-refractivity contribution >= 4 is 23.4 Å². The van der Waals surface area contributed by atoms with E-state index in [4.69, 9.17) is 0 Å². The zero-order valence-corrected chi connectivity index (χ0v) is 29.5. The highest BCUT2D eigenvalue weighted by Gasteiger charge is 2.58. The number of amides is 2. The van der Waals surface area contributed by atoms with Crippen molar-refractivity contribution in [3.05, 3.63) is 23.3 Å². The summed E-state index contributed by atoms with van der Waals surface area (Å²) in [6.07, 6.45) is 12.5. The molecule has 0 aromatic rings. The molecule has 1 saturated carbocycles. The third-order valence-electron chi connectivity index (χ3n) is 11.6. The number of carbonyl (C=O) groups excluding carboxylic acids is 4. The molecule has 2 rings (SSSR count). The summed E-state index contributed by atoms with van der Waals surface area (Å²) in [5, 5.41) is 9.83. The van der Waals surface area contributed by atoms with Gasteiger partial charge in [0.1, 0.15) is 6.07 Å². The molecule has 0 spiro atoms. The highest BCUT2D eigenvalue weighted by molar-refractivity contribution is 6.02. The van der Waals surface area contributed by atoms with Crippen LogP contribution in [0, 0.1) is 50.2 Å². The Morgan fingerprint density at radius 1 is 1.00 bits per heavy atom. The van der Waals surface area contributed by atoms with E-state index in [-0.39, 0.29) is 62.4 Å². The van der Waals surface area contributed by atoms with E-state index >= 15 is 0 Å². The molecule has 7 heteroatoms. The first kappa shape index (κ1) is 37.4. The maximum Gasteiger partial charge on any atom is 0.238 e. The number of Topliss-reactive ketones (excluding diaryl/α,β-unsaturated/α-hetero) is 1. The number of hydrogen-bond donors (Lipinski definition) is 2. The molecule has 2 amide bonds. The minimum Gasteiger partial charge on any atom is -0.295 e. The van der Waals surface area contributed by atoms with Gasteiger partial charge in [0.05, 0.1) is 5.57 Å². The van der Waals surface area contributed by atoms with Crippen LogP contribution in [0.2, 0.25) is 0 Å². The summed E-state index contributed by atoms with van der Waals surface area (Å²) in [6.45, 7) is 23.0. The van der Waals surface area contributed by atoms with Crippen LogP contribution in [0.25, 0.3) is 0 Å². The Hall–Kier alpha value is -2.75. The van der Waals surface area contributed by atoms with Crippen LogP contribution < -0.4 is 10.9 Å². The van der Waals surface area contributed by atoms with Crippen molar-refractivity contribution < 1.29 is 19.2 Å². The molecule has 0 aromatic carbocycles. The molecule has 0 aliphatic heterocycles. The van der Waals surface area contributed by atoms with Gasteiger partial charge in [-0.1, -0.05) is 80.4 Å². The van der Waals surface area contributed by atoms with Crippen LogP contribution in [0.15, 0.2) is 23.3 Å². The van der Waals surface area contributed by atoms with Crippen molar-refractivity contribution in [2.24, 2.45) is 38.9 Å². The predicted octanol–water partition coefficient (Wildman–Crippen LogP) is 7.96. The zero-order chi connectivity index (χ0) is 33.7. The summed E-state index contributed by atoms with van der Waals surface area (Å²) >= 11 is 0. The van der Waals surface area contributed by atoms with E-state index in [2.05, 4.69) is 72.3 Å². The monoisotopic (exact) mass is 609 g/mol. The predicted molar refractivity (Wildman–Crippen MR) is 176 cm³/mol. The summed E-state index contributed by atoms with van der Waals surface area (Å²) in [5.74, 6) is -0.846. The summed E-state index contributed by atoms with van der Waals surface area (Å²) in [6, 6.07) is 2.14. The maximum atomic E-state index is 13.0. The van der Waals surface area contributed by atoms with E-state index in [0.717, 1.165) is 56.9 Å². The average molecular weight is 610 g/mol. The van der Waals surface area contributed by atoms with Crippen molar-refractivity contribution in [1.82, 2.24) is 10.9 Å². The zero-order valence-electron chi connectivity index (χ0n) is 29.5. The number of nitrogens with one attached hydrogen (secondary N) is 2. The third-order valence-corrected chi connectivity index (χ3v) is 11.6. The molecule has 2 aliphatic carbocycles. The summed E-state index contributed by atoms with van der Waals surface area (Å²) < 4.78 is 0. The van der Waals surface area contributed by atoms with E-state index in [9.17, 15) is 24.4 Å². The van der Waals surface area contributed by atoms with Crippen LogP contribution in [0.3, 0.4) is 0 Å². The molecule has 0 bridgehead atoms. The Labute approximate surface area is 267 Å². The number of fused-ring (bicyclic) bond motifs is 1. The molecule has 0 unspecified atom stereocenters. The van der Waals surface area contributed by atoms with Crippen molar-refractivity contribution in [3.63, 3.8) is 0 Å². The van der Waals surface area contributed by atoms with E-state index in [1.54, 1.807) is 13.0 Å². The van der Waals surface area contributed by atoms with Gasteiger partial charge < -0.3 is 0 Å². The molecular formula is C37H59N3O4. The van der Waals surface area contributed by atoms with Gasteiger partial charge in [-0.2, -0.15) is 5.26 Å². The smallest absolute Gasteiger partial charge is 0.238 e. The van der Waals surface area contributed by atoms with Gasteiger partial charge in [-0.05, 0) is 91.9 Å². The first-order valence-corrected chi connectivity index (χ1v) is 16.6. The lowest BCUT2D eigenvalue weighted by Crippen LogP contribution is -2.52. The first-order valence-electron chi connectivity index (χ1n) is 16.6. The molecule has 1 fully saturated rings. The van der Waals surface area contributed by atoms with E-state index in [0.29, 0.717) is 12.8 Å². The Kier molecular flexibility index (Phi) is 12.0. The normalized spacial score (nSPS) is 27.9. The molecule has 44 heavy (non-hydrogen) atoms. The van der Waals surface area contributed by atoms with Gasteiger partial charge in [-0.25, -0.2) is 0 Å². The molecule has 0 radical (unpaired) electrons. The number of hydrazine groups is 1. The second-order valence-corrected chi connectivity index (χ2v) is 16.1. The topological polar surface area (TPSA) is 116 Å². The van der Waals surface area contributed by atoms with Crippen molar-refractivity contribution in [3.8, 4) is 6.07 Å². The molecule has 0 heterocycles. The standard InChI is InChI=1S/C37H59N3O4/c1-12-15-33(5,6)18-20-35(9,16-14-31(43)40-39-27(4)42)21-19-34(7,8)37(11)17-13-29-26(3)32(44)28(24-38)23-36(29,10)30(37)22-25(2)41/h22-23,26,29H,12-21H2,1-11H3,(H,39,42)(H,40,43)/b30-22-/t26-,29-,35-,36-,37+/m0/s1. The quantitative estimate of drug-likeness (QED) is 0.162. The van der Waals surface area contributed by atoms with Gasteiger partial charge in [0.15, 0.2) is 11.6 Å². The molecular weight excluding hydrogens is 550 g/mol. The van der Waals surface area contributed by atoms with Gasteiger partial charge in [0.25, 0.3) is 0 Å². The van der Waals surface area contributed by atoms with E-state index in [1.807, 2.05) is 13.0 Å². The summed E-state index contributed by atoms with van der Waals surface area (Å²) in [5.41, 5.74) is 5.14. The lowest BCUT2D eigenvalue weighted by atomic mass is 9.44. The fourth-order valence-corrected chi connectivity index (χ4v) is 8.08. The van der Waals surface area contributed by atoms with Crippen LogP contribution in [0.1, 0.15) is 140 Å². The number of nitrogens with zero attached hydrogens (tertiary/aromatic N) is 1. The van der Waals surface area contributed by atoms with Crippen LogP contribution >= 0.6 is 0 Å². The first-order chi connectivity index (χ1) is 20.2. The lowest BCUT2D eigenvalue weighted by Gasteiger charge is -2.59. The van der Waals surface area contributed by atoms with E-state index in [1.165, 1.54) is 6.92 Å². The van der Waals surface area contributed by atoms with Crippen molar-refractivity contribution in [2.45, 2.75) is 140 Å². The van der Waals surface area contributed by atoms with Crippen LogP contribution in [-0.2, 0) is 19.2 Å². The number of hydrogen-bond acceptors (Lipinski definition) is 5. The average Bonchev–Trinajstić information content (AvgIpc) is 2.92. The number of rotatable bonds is 13. The van der Waals surface area contributed by atoms with Gasteiger partial charge >= 0.3 is 0 Å². The maximum absolute atomic E-state index is 13.0. The van der Waals surface area contributed by atoms with Crippen LogP contribution in [-0.4, -0.2) is 23.4 Å². The molecule has 5 atom stereocenters. The highest BCUT2D eigenvalue weighted by Crippen LogP contribution is 2.65. The molecule has 2 N–H and O–H groups in total. The molecule has 2 aliphatic rings. The molecule has 0 aromatic heterocycles. The number of ketones is 2. The number of allylic oxidation sites excluding steroid dienone is 4. The highest BCUT2D eigenvalue weighted by atomic mass is 16.2. The van der Waals surface area contributed by atoms with Gasteiger partial charge in [0, 0.05) is 24.7 Å².